The quantitative estimate of drug-likeness (QED) is 0.365. The molecule has 0 bridgehead atoms. The van der Waals surface area contributed by atoms with Crippen LogP contribution in [0.4, 0.5) is 0 Å². The molecule has 3 aromatic rings. The molecule has 6 nitrogen and oxygen atoms in total. The van der Waals surface area contributed by atoms with E-state index in [0.717, 1.165) is 22.4 Å². The number of nitrogens with one attached hydrogen (secondary N) is 1. The van der Waals surface area contributed by atoms with E-state index < -0.39 is 16.0 Å². The molecule has 0 aliphatic carbocycles. The normalized spacial score (nSPS) is 11.9. The van der Waals surface area contributed by atoms with Crippen LogP contribution < -0.4 is 0 Å². The molecule has 34 heavy (non-hydrogen) atoms. The topological polar surface area (TPSA) is 79.5 Å². The van der Waals surface area contributed by atoms with Crippen LogP contribution in [0, 0.1) is 13.8 Å². The van der Waals surface area contributed by atoms with Gasteiger partial charge in [-0.1, -0.05) is 49.7 Å². The second-order valence-electron chi connectivity index (χ2n) is 8.57. The Kier molecular flexibility index (Phi) is 8.23. The molecule has 8 heteroatoms. The molecule has 3 rings (SSSR count). The highest BCUT2D eigenvalue weighted by atomic mass is 35.5. The fourth-order valence-electron chi connectivity index (χ4n) is 3.80. The van der Waals surface area contributed by atoms with Crippen molar-refractivity contribution in [2.45, 2.75) is 58.5 Å². The van der Waals surface area contributed by atoms with Crippen LogP contribution in [0.25, 0.3) is 0 Å². The van der Waals surface area contributed by atoms with E-state index >= 15 is 0 Å². The van der Waals surface area contributed by atoms with Gasteiger partial charge in [0.2, 0.25) is 10.0 Å². The first-order valence-corrected chi connectivity index (χ1v) is 13.1. The Morgan fingerprint density at radius 2 is 1.65 bits per heavy atom. The second-order valence-corrected chi connectivity index (χ2v) is 10.9. The molecule has 0 saturated carbocycles. The van der Waals surface area contributed by atoms with Crippen LogP contribution in [-0.2, 0) is 27.8 Å². The molecule has 0 radical (unpaired) electrons. The van der Waals surface area contributed by atoms with Gasteiger partial charge in [0.05, 0.1) is 11.5 Å². The fraction of sp³-hybridized carbons (Fsp3) is 0.346. The van der Waals surface area contributed by atoms with Gasteiger partial charge in [-0.05, 0) is 73.2 Å². The minimum Gasteiger partial charge on any atom is -0.461 e. The van der Waals surface area contributed by atoms with Crippen LogP contribution in [0.5, 0.6) is 0 Å². The third-order valence-corrected chi connectivity index (χ3v) is 7.92. The number of hydrogen-bond donors (Lipinski definition) is 1. The molecule has 0 saturated heterocycles. The summed E-state index contributed by atoms with van der Waals surface area (Å²) < 4.78 is 34.1. The number of aromatic amines is 1. The number of halogens is 1. The lowest BCUT2D eigenvalue weighted by Gasteiger charge is -2.23. The largest absolute Gasteiger partial charge is 0.461 e. The summed E-state index contributed by atoms with van der Waals surface area (Å²) in [6.45, 7) is 10.0. The van der Waals surface area contributed by atoms with Crippen molar-refractivity contribution in [2.24, 2.45) is 0 Å². The molecule has 0 aliphatic rings. The van der Waals surface area contributed by atoms with E-state index in [1.807, 2.05) is 31.2 Å². The van der Waals surface area contributed by atoms with Gasteiger partial charge in [0, 0.05) is 23.8 Å². The lowest BCUT2D eigenvalue weighted by Crippen LogP contribution is -2.30. The molecule has 0 spiro atoms. The highest BCUT2D eigenvalue weighted by molar-refractivity contribution is 7.89. The van der Waals surface area contributed by atoms with E-state index in [1.165, 1.54) is 4.31 Å². The number of rotatable bonds is 9. The summed E-state index contributed by atoms with van der Waals surface area (Å²) in [5.41, 5.74) is 4.39. The van der Waals surface area contributed by atoms with Crippen LogP contribution in [0.2, 0.25) is 5.02 Å². The molecule has 0 atom stereocenters. The number of sulfonamides is 1. The Labute approximate surface area is 207 Å². The Balaban J connectivity index is 2.02. The van der Waals surface area contributed by atoms with Crippen molar-refractivity contribution in [3.8, 4) is 0 Å². The van der Waals surface area contributed by atoms with Gasteiger partial charge in [0.15, 0.2) is 0 Å². The Morgan fingerprint density at radius 1 is 1.03 bits per heavy atom. The fourth-order valence-corrected chi connectivity index (χ4v) is 5.33. The molecule has 0 unspecified atom stereocenters. The molecule has 2 aromatic carbocycles. The monoisotopic (exact) mass is 502 g/mol. The summed E-state index contributed by atoms with van der Waals surface area (Å²) in [6.07, 6.45) is 0. The third kappa shape index (κ3) is 5.71. The lowest BCUT2D eigenvalue weighted by atomic mass is 10.0. The number of H-pyrrole nitrogens is 1. The van der Waals surface area contributed by atoms with E-state index in [9.17, 15) is 13.2 Å². The number of benzene rings is 2. The predicted molar refractivity (Wildman–Crippen MR) is 135 cm³/mol. The highest BCUT2D eigenvalue weighted by Gasteiger charge is 2.28. The van der Waals surface area contributed by atoms with Crippen molar-refractivity contribution in [3.63, 3.8) is 0 Å². The number of carbonyl (C=O) groups is 1. The van der Waals surface area contributed by atoms with Gasteiger partial charge in [-0.3, -0.25) is 0 Å². The summed E-state index contributed by atoms with van der Waals surface area (Å²) >= 11 is 6.02. The summed E-state index contributed by atoms with van der Waals surface area (Å²) in [5.74, 6) is -0.154. The smallest absolute Gasteiger partial charge is 0.355 e. The SMILES string of the molecule is CCOC(=O)c1[nH]c(C)c(CN(Cc2ccc(Cl)cc2)S(=O)(=O)c2ccc(C(C)C)cc2)c1C. The molecular formula is C26H31ClN2O4S. The number of ether oxygens (including phenoxy) is 1. The third-order valence-electron chi connectivity index (χ3n) is 5.86. The lowest BCUT2D eigenvalue weighted by molar-refractivity contribution is 0.0519. The van der Waals surface area contributed by atoms with Gasteiger partial charge >= 0.3 is 5.97 Å². The Hall–Kier alpha value is -2.61. The predicted octanol–water partition coefficient (Wildman–Crippen LogP) is 5.98. The summed E-state index contributed by atoms with van der Waals surface area (Å²) in [5, 5.41) is 0.582. The zero-order chi connectivity index (χ0) is 25.0. The van der Waals surface area contributed by atoms with Gasteiger partial charge in [-0.15, -0.1) is 0 Å². The van der Waals surface area contributed by atoms with Crippen molar-refractivity contribution in [1.82, 2.24) is 9.29 Å². The zero-order valence-electron chi connectivity index (χ0n) is 20.2. The van der Waals surface area contributed by atoms with Crippen LogP contribution in [0.15, 0.2) is 53.4 Å². The molecule has 0 aliphatic heterocycles. The van der Waals surface area contributed by atoms with Crippen LogP contribution in [-0.4, -0.2) is 30.3 Å². The van der Waals surface area contributed by atoms with E-state index in [4.69, 9.17) is 16.3 Å². The zero-order valence-corrected chi connectivity index (χ0v) is 21.8. The van der Waals surface area contributed by atoms with Crippen LogP contribution in [0.3, 0.4) is 0 Å². The molecule has 1 N–H and O–H groups in total. The summed E-state index contributed by atoms with van der Waals surface area (Å²) in [6, 6.07) is 14.1. The van der Waals surface area contributed by atoms with Gasteiger partial charge in [0.25, 0.3) is 0 Å². The molecule has 1 heterocycles. The molecule has 0 fully saturated rings. The number of aromatic nitrogens is 1. The number of aryl methyl sites for hydroxylation is 1. The van der Waals surface area contributed by atoms with Gasteiger partial charge in [0.1, 0.15) is 5.69 Å². The van der Waals surface area contributed by atoms with Gasteiger partial charge < -0.3 is 9.72 Å². The highest BCUT2D eigenvalue weighted by Crippen LogP contribution is 2.27. The molecule has 182 valence electrons. The first-order chi connectivity index (χ1) is 16.0. The molecule has 1 aromatic heterocycles. The summed E-state index contributed by atoms with van der Waals surface area (Å²) in [7, 11) is -3.83. The Bertz CT molecular complexity index is 1250. The minimum atomic E-state index is -3.83. The molecule has 0 amide bonds. The van der Waals surface area contributed by atoms with Crippen molar-refractivity contribution < 1.29 is 17.9 Å². The van der Waals surface area contributed by atoms with E-state index in [2.05, 4.69) is 18.8 Å². The first-order valence-electron chi connectivity index (χ1n) is 11.2. The van der Waals surface area contributed by atoms with E-state index in [0.29, 0.717) is 22.2 Å². The first kappa shape index (κ1) is 26.0. The van der Waals surface area contributed by atoms with Gasteiger partial charge in [-0.2, -0.15) is 4.31 Å². The standard InChI is InChI=1S/C26H31ClN2O4S/c1-6-33-26(30)25-18(4)24(19(5)28-25)16-29(15-20-7-11-22(27)12-8-20)34(31,32)23-13-9-21(10-14-23)17(2)3/h7-14,17,28H,6,15-16H2,1-5H3. The maximum absolute atomic E-state index is 13.8. The minimum absolute atomic E-state index is 0.102. The Morgan fingerprint density at radius 3 is 2.21 bits per heavy atom. The van der Waals surface area contributed by atoms with Crippen molar-refractivity contribution in [1.29, 1.82) is 0 Å². The number of esters is 1. The average molecular weight is 503 g/mol. The maximum atomic E-state index is 13.8. The van der Waals surface area contributed by atoms with Crippen molar-refractivity contribution >= 4 is 27.6 Å². The van der Waals surface area contributed by atoms with Crippen LogP contribution in [0.1, 0.15) is 65.1 Å². The van der Waals surface area contributed by atoms with E-state index in [1.54, 1.807) is 38.1 Å². The summed E-state index contributed by atoms with van der Waals surface area (Å²) in [4.78, 5) is 15.6. The average Bonchev–Trinajstić information content (AvgIpc) is 3.08. The van der Waals surface area contributed by atoms with Crippen molar-refractivity contribution in [3.05, 3.63) is 87.2 Å². The van der Waals surface area contributed by atoms with Crippen molar-refractivity contribution in [2.75, 3.05) is 6.61 Å². The number of nitrogens with zero attached hydrogens (tertiary/aromatic N) is 1. The maximum Gasteiger partial charge on any atom is 0.355 e. The van der Waals surface area contributed by atoms with Crippen LogP contribution >= 0.6 is 11.6 Å². The number of carbonyl (C=O) groups excluding carboxylic acids is 1. The van der Waals surface area contributed by atoms with E-state index in [-0.39, 0.29) is 24.6 Å². The van der Waals surface area contributed by atoms with Gasteiger partial charge in [-0.25, -0.2) is 13.2 Å². The number of hydrogen-bond acceptors (Lipinski definition) is 4. The second kappa shape index (κ2) is 10.8. The molecular weight excluding hydrogens is 472 g/mol.